The molecule has 2 aliphatic rings. The molecule has 0 spiro atoms. The van der Waals surface area contributed by atoms with Gasteiger partial charge < -0.3 is 5.32 Å². The van der Waals surface area contributed by atoms with Crippen LogP contribution in [0.2, 0.25) is 10.0 Å². The van der Waals surface area contributed by atoms with Gasteiger partial charge in [-0.2, -0.15) is 0 Å². The fourth-order valence-corrected chi connectivity index (χ4v) is 4.16. The number of halogens is 2. The summed E-state index contributed by atoms with van der Waals surface area (Å²) in [6, 6.07) is 7.25. The lowest BCUT2D eigenvalue weighted by Gasteiger charge is -2.34. The largest absolute Gasteiger partial charge is 0.306 e. The molecule has 0 aromatic heterocycles. The molecule has 2 aliphatic heterocycles. The van der Waals surface area contributed by atoms with Crippen LogP contribution >= 0.6 is 23.2 Å². The molecule has 4 heteroatoms. The van der Waals surface area contributed by atoms with Crippen molar-refractivity contribution in [1.82, 2.24) is 10.2 Å². The van der Waals surface area contributed by atoms with Crippen LogP contribution in [0.15, 0.2) is 18.2 Å². The summed E-state index contributed by atoms with van der Waals surface area (Å²) in [5, 5.41) is 5.33. The summed E-state index contributed by atoms with van der Waals surface area (Å²) in [6.45, 7) is 4.69. The van der Waals surface area contributed by atoms with Crippen LogP contribution in [-0.4, -0.2) is 30.1 Å². The minimum atomic E-state index is 0.244. The molecule has 20 heavy (non-hydrogen) atoms. The van der Waals surface area contributed by atoms with Gasteiger partial charge in [0.05, 0.1) is 0 Å². The van der Waals surface area contributed by atoms with Crippen LogP contribution in [0.25, 0.3) is 0 Å². The smallest absolute Gasteiger partial charge is 0.0454 e. The molecule has 3 atom stereocenters. The molecule has 110 valence electrons. The number of hydrogen-bond donors (Lipinski definition) is 1. The van der Waals surface area contributed by atoms with Crippen LogP contribution in [-0.2, 0) is 0 Å². The van der Waals surface area contributed by atoms with E-state index in [0.29, 0.717) is 12.1 Å². The van der Waals surface area contributed by atoms with E-state index in [0.717, 1.165) is 15.6 Å². The van der Waals surface area contributed by atoms with Crippen LogP contribution in [0.4, 0.5) is 0 Å². The third-order valence-corrected chi connectivity index (χ3v) is 5.32. The lowest BCUT2D eigenvalue weighted by Crippen LogP contribution is -2.45. The fraction of sp³-hybridized carbons (Fsp3) is 0.625. The Bertz CT molecular complexity index is 478. The van der Waals surface area contributed by atoms with Gasteiger partial charge in [-0.05, 0) is 56.5 Å². The fourth-order valence-electron chi connectivity index (χ4n) is 3.70. The molecular weight excluding hydrogens is 291 g/mol. The van der Waals surface area contributed by atoms with Crippen LogP contribution in [0, 0.1) is 0 Å². The first-order valence-electron chi connectivity index (χ1n) is 7.60. The summed E-state index contributed by atoms with van der Waals surface area (Å²) in [5.41, 5.74) is 1.11. The van der Waals surface area contributed by atoms with Gasteiger partial charge in [0.25, 0.3) is 0 Å². The zero-order chi connectivity index (χ0) is 14.1. The van der Waals surface area contributed by atoms with Gasteiger partial charge in [0.15, 0.2) is 0 Å². The number of rotatable bonds is 3. The van der Waals surface area contributed by atoms with E-state index >= 15 is 0 Å². The third-order valence-electron chi connectivity index (χ3n) is 4.74. The van der Waals surface area contributed by atoms with E-state index in [2.05, 4.69) is 17.1 Å². The molecule has 2 saturated heterocycles. The van der Waals surface area contributed by atoms with Crippen molar-refractivity contribution < 1.29 is 0 Å². The minimum absolute atomic E-state index is 0.244. The number of hydrogen-bond acceptors (Lipinski definition) is 2. The predicted molar refractivity (Wildman–Crippen MR) is 85.6 cm³/mol. The quantitative estimate of drug-likeness (QED) is 0.896. The van der Waals surface area contributed by atoms with Gasteiger partial charge in [0.1, 0.15) is 0 Å². The van der Waals surface area contributed by atoms with E-state index in [1.54, 1.807) is 0 Å². The molecule has 2 fully saturated rings. The highest BCUT2D eigenvalue weighted by atomic mass is 35.5. The van der Waals surface area contributed by atoms with Gasteiger partial charge in [-0.25, -0.2) is 0 Å². The summed E-state index contributed by atoms with van der Waals surface area (Å²) >= 11 is 12.4. The monoisotopic (exact) mass is 312 g/mol. The summed E-state index contributed by atoms with van der Waals surface area (Å²) < 4.78 is 0. The van der Waals surface area contributed by atoms with Gasteiger partial charge in [-0.1, -0.05) is 29.6 Å². The molecule has 0 radical (unpaired) electrons. The Labute approximate surface area is 131 Å². The number of nitrogens with one attached hydrogen (secondary N) is 1. The lowest BCUT2D eigenvalue weighted by molar-refractivity contribution is 0.177. The summed E-state index contributed by atoms with van der Waals surface area (Å²) in [6.07, 6.45) is 5.30. The van der Waals surface area contributed by atoms with E-state index in [4.69, 9.17) is 23.2 Å². The topological polar surface area (TPSA) is 15.3 Å². The minimum Gasteiger partial charge on any atom is -0.306 e. The van der Waals surface area contributed by atoms with Crippen LogP contribution in [0.3, 0.4) is 0 Å². The van der Waals surface area contributed by atoms with E-state index in [-0.39, 0.29) is 6.04 Å². The number of piperidine rings is 1. The van der Waals surface area contributed by atoms with Crippen molar-refractivity contribution in [2.75, 3.05) is 13.1 Å². The van der Waals surface area contributed by atoms with Gasteiger partial charge in [0.2, 0.25) is 0 Å². The van der Waals surface area contributed by atoms with Crippen molar-refractivity contribution in [2.45, 2.75) is 50.7 Å². The highest BCUT2D eigenvalue weighted by Crippen LogP contribution is 2.31. The average Bonchev–Trinajstić information content (AvgIpc) is 2.85. The highest BCUT2D eigenvalue weighted by Gasteiger charge is 2.36. The Morgan fingerprint density at radius 2 is 2.05 bits per heavy atom. The zero-order valence-electron chi connectivity index (χ0n) is 11.9. The Kier molecular flexibility index (Phi) is 4.56. The molecule has 0 bridgehead atoms. The van der Waals surface area contributed by atoms with E-state index in [1.807, 2.05) is 18.2 Å². The lowest BCUT2D eigenvalue weighted by atomic mass is 9.97. The van der Waals surface area contributed by atoms with Gasteiger partial charge >= 0.3 is 0 Å². The molecule has 1 aromatic carbocycles. The normalized spacial score (nSPS) is 28.4. The van der Waals surface area contributed by atoms with Gasteiger partial charge in [-0.15, -0.1) is 0 Å². The Morgan fingerprint density at radius 1 is 1.20 bits per heavy atom. The SMILES string of the molecule is CC(NC1CCN2CCCCC12)c1cc(Cl)ccc1Cl. The Hall–Kier alpha value is -0.280. The second-order valence-corrected chi connectivity index (χ2v) is 6.89. The molecular formula is C16H22Cl2N2. The first-order valence-corrected chi connectivity index (χ1v) is 8.36. The maximum atomic E-state index is 6.30. The molecule has 2 nitrogen and oxygen atoms in total. The van der Waals surface area contributed by atoms with Crippen molar-refractivity contribution in [2.24, 2.45) is 0 Å². The average molecular weight is 313 g/mol. The molecule has 0 amide bonds. The molecule has 3 rings (SSSR count). The standard InChI is InChI=1S/C16H22Cl2N2/c1-11(13-10-12(17)5-6-14(13)18)19-15-7-9-20-8-3-2-4-16(15)20/h5-6,10-11,15-16,19H,2-4,7-9H2,1H3. The Balaban J connectivity index is 1.69. The first kappa shape index (κ1) is 14.6. The van der Waals surface area contributed by atoms with Crippen molar-refractivity contribution >= 4 is 23.2 Å². The second kappa shape index (κ2) is 6.23. The summed E-state index contributed by atoms with van der Waals surface area (Å²) in [7, 11) is 0. The molecule has 1 aromatic rings. The van der Waals surface area contributed by atoms with Crippen molar-refractivity contribution in [3.8, 4) is 0 Å². The van der Waals surface area contributed by atoms with Crippen molar-refractivity contribution in [3.05, 3.63) is 33.8 Å². The van der Waals surface area contributed by atoms with Gasteiger partial charge in [0, 0.05) is 34.7 Å². The second-order valence-electron chi connectivity index (χ2n) is 6.05. The predicted octanol–water partition coefficient (Wildman–Crippen LogP) is 4.27. The summed E-state index contributed by atoms with van der Waals surface area (Å²) in [4.78, 5) is 2.65. The zero-order valence-corrected chi connectivity index (χ0v) is 13.4. The van der Waals surface area contributed by atoms with Crippen molar-refractivity contribution in [1.29, 1.82) is 0 Å². The van der Waals surface area contributed by atoms with Crippen LogP contribution in [0.5, 0.6) is 0 Å². The molecule has 2 heterocycles. The third kappa shape index (κ3) is 2.99. The first-order chi connectivity index (χ1) is 9.65. The molecule has 0 saturated carbocycles. The number of fused-ring (bicyclic) bond motifs is 1. The highest BCUT2D eigenvalue weighted by molar-refractivity contribution is 6.33. The number of nitrogens with zero attached hydrogens (tertiary/aromatic N) is 1. The van der Waals surface area contributed by atoms with E-state index < -0.39 is 0 Å². The number of benzene rings is 1. The van der Waals surface area contributed by atoms with Crippen LogP contribution in [0.1, 0.15) is 44.2 Å². The van der Waals surface area contributed by atoms with E-state index in [9.17, 15) is 0 Å². The Morgan fingerprint density at radius 3 is 2.90 bits per heavy atom. The van der Waals surface area contributed by atoms with Crippen LogP contribution < -0.4 is 5.32 Å². The molecule has 3 unspecified atom stereocenters. The molecule has 0 aliphatic carbocycles. The van der Waals surface area contributed by atoms with Crippen molar-refractivity contribution in [3.63, 3.8) is 0 Å². The maximum absolute atomic E-state index is 6.30. The molecule has 1 N–H and O–H groups in total. The summed E-state index contributed by atoms with van der Waals surface area (Å²) in [5.74, 6) is 0. The van der Waals surface area contributed by atoms with E-state index in [1.165, 1.54) is 38.8 Å². The van der Waals surface area contributed by atoms with Gasteiger partial charge in [-0.3, -0.25) is 4.90 Å². The maximum Gasteiger partial charge on any atom is 0.0454 e.